The van der Waals surface area contributed by atoms with Crippen LogP contribution in [-0.4, -0.2) is 70.7 Å². The number of imidazole rings is 1. The van der Waals surface area contributed by atoms with Gasteiger partial charge in [0.1, 0.15) is 30.2 Å². The van der Waals surface area contributed by atoms with Crippen molar-refractivity contribution in [2.24, 2.45) is 0 Å². The van der Waals surface area contributed by atoms with Crippen LogP contribution in [0.5, 0.6) is 11.5 Å². The normalized spacial score (nSPS) is 23.2. The fourth-order valence-corrected chi connectivity index (χ4v) is 3.78. The molecule has 4 rings (SSSR count). The molecule has 3 heterocycles. The predicted octanol–water partition coefficient (Wildman–Crippen LogP) is 0.188. The summed E-state index contributed by atoms with van der Waals surface area (Å²) in [5.74, 6) is -1.40. The molecule has 13 heteroatoms. The first-order valence-corrected chi connectivity index (χ1v) is 10.2. The van der Waals surface area contributed by atoms with Gasteiger partial charge in [0.2, 0.25) is 0 Å². The Balaban J connectivity index is 1.42. The van der Waals surface area contributed by atoms with Gasteiger partial charge >= 0.3 is 0 Å². The molecule has 12 nitrogen and oxygen atoms in total. The topological polar surface area (TPSA) is 189 Å². The quantitative estimate of drug-likeness (QED) is 0.205. The molecule has 0 saturated carbocycles. The molecule has 1 amide bonds. The van der Waals surface area contributed by atoms with Crippen LogP contribution in [0.3, 0.4) is 0 Å². The minimum absolute atomic E-state index is 0.0383. The summed E-state index contributed by atoms with van der Waals surface area (Å²) < 4.78 is 7.65. The average molecular weight is 507 g/mol. The molecule has 1 fully saturated rings. The Bertz CT molecular complexity index is 1200. The highest BCUT2D eigenvalue weighted by Crippen LogP contribution is 2.33. The highest BCUT2D eigenvalue weighted by atomic mass is 79.9. The second kappa shape index (κ2) is 8.70. The lowest BCUT2D eigenvalue weighted by Gasteiger charge is -2.16. The molecule has 0 radical (unpaired) electrons. The van der Waals surface area contributed by atoms with Gasteiger partial charge in [-0.25, -0.2) is 15.0 Å². The van der Waals surface area contributed by atoms with E-state index < -0.39 is 41.9 Å². The number of anilines is 1. The third-order valence-corrected chi connectivity index (χ3v) is 5.40. The Morgan fingerprint density at radius 2 is 2.03 bits per heavy atom. The molecule has 1 saturated heterocycles. The highest BCUT2D eigenvalue weighted by Gasteiger charge is 2.43. The number of amides is 1. The van der Waals surface area contributed by atoms with E-state index in [2.05, 4.69) is 36.2 Å². The SMILES string of the molecule is Nc1ncnc2c1ncn2C1OC(/C=C/CNC(=O)c2cc(Br)cc(O)c2O)C(O)C1O. The van der Waals surface area contributed by atoms with Gasteiger partial charge in [0.25, 0.3) is 5.91 Å². The van der Waals surface area contributed by atoms with Crippen molar-refractivity contribution in [3.63, 3.8) is 0 Å². The maximum Gasteiger partial charge on any atom is 0.255 e. The number of nitrogens with two attached hydrogens (primary N) is 1. The first-order chi connectivity index (χ1) is 15.3. The number of phenols is 2. The number of nitrogen functional groups attached to an aromatic ring is 1. The minimum Gasteiger partial charge on any atom is -0.504 e. The minimum atomic E-state index is -1.27. The molecule has 1 aromatic carbocycles. The smallest absolute Gasteiger partial charge is 0.255 e. The van der Waals surface area contributed by atoms with E-state index in [-0.39, 0.29) is 17.9 Å². The maximum atomic E-state index is 12.3. The standard InChI is InChI=1S/C19H19BrN6O6/c20-8-4-9(13(28)10(27)5-8)18(31)22-3-1-2-11-14(29)15(30)19(32-11)26-7-25-12-16(21)23-6-24-17(12)26/h1-2,4-7,11,14-15,19,27-30H,3H2,(H,22,31)(H2,21,23,24)/b2-1+. The third kappa shape index (κ3) is 3.98. The van der Waals surface area contributed by atoms with E-state index in [0.29, 0.717) is 15.6 Å². The molecule has 4 unspecified atom stereocenters. The number of carbonyl (C=O) groups excluding carboxylic acids is 1. The Hall–Kier alpha value is -3.26. The van der Waals surface area contributed by atoms with Gasteiger partial charge in [-0.3, -0.25) is 9.36 Å². The van der Waals surface area contributed by atoms with Crippen LogP contribution in [0.15, 0.2) is 41.4 Å². The van der Waals surface area contributed by atoms with Crippen molar-refractivity contribution in [3.8, 4) is 11.5 Å². The highest BCUT2D eigenvalue weighted by molar-refractivity contribution is 9.10. The number of phenolic OH excluding ortho intramolecular Hbond substituents is 2. The molecule has 2 aromatic heterocycles. The van der Waals surface area contributed by atoms with E-state index in [0.717, 1.165) is 0 Å². The van der Waals surface area contributed by atoms with Crippen LogP contribution in [0.2, 0.25) is 0 Å². The molecule has 4 atom stereocenters. The Morgan fingerprint density at radius 3 is 2.81 bits per heavy atom. The van der Waals surface area contributed by atoms with Gasteiger partial charge < -0.3 is 36.2 Å². The number of ether oxygens (including phenoxy) is 1. The molecule has 1 aliphatic rings. The number of benzene rings is 1. The molecule has 168 valence electrons. The lowest BCUT2D eigenvalue weighted by atomic mass is 10.1. The van der Waals surface area contributed by atoms with Crippen molar-refractivity contribution in [1.82, 2.24) is 24.8 Å². The van der Waals surface area contributed by atoms with E-state index in [9.17, 15) is 25.2 Å². The number of carbonyl (C=O) groups is 1. The number of rotatable bonds is 5. The van der Waals surface area contributed by atoms with Crippen LogP contribution in [0.25, 0.3) is 11.2 Å². The zero-order chi connectivity index (χ0) is 23.0. The molecule has 3 aromatic rings. The summed E-state index contributed by atoms with van der Waals surface area (Å²) in [6.07, 6.45) is 1.33. The second-order valence-electron chi connectivity index (χ2n) is 7.01. The summed E-state index contributed by atoms with van der Waals surface area (Å²) in [7, 11) is 0. The first kappa shape index (κ1) is 22.0. The summed E-state index contributed by atoms with van der Waals surface area (Å²) >= 11 is 3.14. The van der Waals surface area contributed by atoms with Gasteiger partial charge in [-0.1, -0.05) is 28.1 Å². The van der Waals surface area contributed by atoms with Crippen molar-refractivity contribution in [2.45, 2.75) is 24.5 Å². The molecular formula is C19H19BrN6O6. The molecule has 1 aliphatic heterocycles. The van der Waals surface area contributed by atoms with Crippen LogP contribution in [0.1, 0.15) is 16.6 Å². The van der Waals surface area contributed by atoms with E-state index in [1.807, 2.05) is 0 Å². The third-order valence-electron chi connectivity index (χ3n) is 4.94. The second-order valence-corrected chi connectivity index (χ2v) is 7.93. The number of aliphatic hydroxyl groups is 2. The van der Waals surface area contributed by atoms with Gasteiger partial charge in [0.15, 0.2) is 29.2 Å². The first-order valence-electron chi connectivity index (χ1n) is 9.39. The Morgan fingerprint density at radius 1 is 1.25 bits per heavy atom. The van der Waals surface area contributed by atoms with Crippen molar-refractivity contribution in [1.29, 1.82) is 0 Å². The predicted molar refractivity (Wildman–Crippen MR) is 115 cm³/mol. The van der Waals surface area contributed by atoms with E-state index in [1.165, 1.54) is 41.5 Å². The molecule has 32 heavy (non-hydrogen) atoms. The fourth-order valence-electron chi connectivity index (χ4n) is 3.34. The zero-order valence-corrected chi connectivity index (χ0v) is 17.9. The van der Waals surface area contributed by atoms with Crippen LogP contribution in [0, 0.1) is 0 Å². The molecule has 0 spiro atoms. The van der Waals surface area contributed by atoms with Gasteiger partial charge in [0, 0.05) is 11.0 Å². The largest absolute Gasteiger partial charge is 0.504 e. The number of hydrogen-bond acceptors (Lipinski definition) is 10. The summed E-state index contributed by atoms with van der Waals surface area (Å²) in [5, 5.41) is 42.8. The summed E-state index contributed by atoms with van der Waals surface area (Å²) in [6.45, 7) is 0.0383. The summed E-state index contributed by atoms with van der Waals surface area (Å²) in [4.78, 5) is 24.3. The van der Waals surface area contributed by atoms with Crippen LogP contribution >= 0.6 is 15.9 Å². The van der Waals surface area contributed by atoms with E-state index in [1.54, 1.807) is 0 Å². The summed E-state index contributed by atoms with van der Waals surface area (Å²) in [5.41, 5.74) is 6.37. The lowest BCUT2D eigenvalue weighted by Crippen LogP contribution is -2.31. The van der Waals surface area contributed by atoms with Gasteiger partial charge in [0.05, 0.1) is 11.9 Å². The Kier molecular flexibility index (Phi) is 5.97. The summed E-state index contributed by atoms with van der Waals surface area (Å²) in [6, 6.07) is 2.63. The van der Waals surface area contributed by atoms with E-state index >= 15 is 0 Å². The van der Waals surface area contributed by atoms with Crippen molar-refractivity contribution in [3.05, 3.63) is 47.0 Å². The average Bonchev–Trinajstić information content (AvgIpc) is 3.30. The van der Waals surface area contributed by atoms with Crippen molar-refractivity contribution >= 4 is 38.8 Å². The monoisotopic (exact) mass is 506 g/mol. The number of aliphatic hydroxyl groups excluding tert-OH is 2. The van der Waals surface area contributed by atoms with Crippen molar-refractivity contribution < 1.29 is 30.0 Å². The number of aromatic hydroxyl groups is 2. The van der Waals surface area contributed by atoms with Crippen molar-refractivity contribution in [2.75, 3.05) is 12.3 Å². The lowest BCUT2D eigenvalue weighted by molar-refractivity contribution is -0.0245. The fraction of sp³-hybridized carbons (Fsp3) is 0.263. The maximum absolute atomic E-state index is 12.3. The van der Waals surface area contributed by atoms with Gasteiger partial charge in [-0.15, -0.1) is 0 Å². The molecular weight excluding hydrogens is 488 g/mol. The van der Waals surface area contributed by atoms with E-state index in [4.69, 9.17) is 10.5 Å². The zero-order valence-electron chi connectivity index (χ0n) is 16.3. The van der Waals surface area contributed by atoms with Crippen LogP contribution in [-0.2, 0) is 4.74 Å². The van der Waals surface area contributed by atoms with Crippen LogP contribution in [0.4, 0.5) is 5.82 Å². The number of halogens is 1. The van der Waals surface area contributed by atoms with Crippen LogP contribution < -0.4 is 11.1 Å². The van der Waals surface area contributed by atoms with Gasteiger partial charge in [-0.2, -0.15) is 0 Å². The Labute approximate surface area is 189 Å². The molecule has 7 N–H and O–H groups in total. The number of fused-ring (bicyclic) bond motifs is 1. The number of nitrogens with one attached hydrogen (secondary N) is 1. The van der Waals surface area contributed by atoms with Gasteiger partial charge in [-0.05, 0) is 12.1 Å². The number of nitrogens with zero attached hydrogens (tertiary/aromatic N) is 4. The number of hydrogen-bond donors (Lipinski definition) is 6. The molecule has 0 aliphatic carbocycles. The molecule has 0 bridgehead atoms. The number of aromatic nitrogens is 4.